The van der Waals surface area contributed by atoms with E-state index < -0.39 is 20.9 Å². The van der Waals surface area contributed by atoms with E-state index in [1.807, 2.05) is 13.8 Å². The lowest BCUT2D eigenvalue weighted by molar-refractivity contribution is 0.357. The van der Waals surface area contributed by atoms with E-state index in [0.29, 0.717) is 12.4 Å². The van der Waals surface area contributed by atoms with Gasteiger partial charge < -0.3 is 4.52 Å². The quantitative estimate of drug-likeness (QED) is 0.551. The molecular formula is C11H25O4PS3. The Bertz CT molecular complexity index is 397. The molecule has 0 aromatic rings. The molecule has 0 fully saturated rings. The van der Waals surface area contributed by atoms with Crippen molar-refractivity contribution < 1.29 is 17.5 Å². The molecule has 0 spiro atoms. The molecule has 0 amide bonds. The fraction of sp³-hybridized carbons (Fsp3) is 1.00. The highest BCUT2D eigenvalue weighted by molar-refractivity contribution is 8.89. The zero-order valence-corrected chi connectivity index (χ0v) is 15.6. The lowest BCUT2D eigenvalue weighted by Crippen LogP contribution is -2.21. The van der Waals surface area contributed by atoms with Gasteiger partial charge in [-0.3, -0.25) is 4.57 Å². The van der Waals surface area contributed by atoms with E-state index in [1.165, 1.54) is 11.4 Å². The normalized spacial score (nSPS) is 18.8. The van der Waals surface area contributed by atoms with Gasteiger partial charge in [-0.25, -0.2) is 8.42 Å². The van der Waals surface area contributed by atoms with Gasteiger partial charge in [0, 0.05) is 16.8 Å². The van der Waals surface area contributed by atoms with Crippen LogP contribution >= 0.6 is 28.5 Å². The SMILES string of the molecule is CCOP(=O)(SCC(C)S(=O)(=O)CC)SC(C)CC. The van der Waals surface area contributed by atoms with Crippen molar-refractivity contribution >= 4 is 38.4 Å². The van der Waals surface area contributed by atoms with Crippen LogP contribution in [-0.4, -0.2) is 37.0 Å². The van der Waals surface area contributed by atoms with E-state index >= 15 is 0 Å². The third-order valence-electron chi connectivity index (χ3n) is 2.65. The first-order valence-electron chi connectivity index (χ1n) is 6.49. The van der Waals surface area contributed by atoms with Crippen LogP contribution in [0.2, 0.25) is 0 Å². The minimum Gasteiger partial charge on any atom is -0.314 e. The van der Waals surface area contributed by atoms with Crippen LogP contribution in [0, 0.1) is 0 Å². The molecule has 116 valence electrons. The third-order valence-corrected chi connectivity index (χ3v) is 13.2. The molecule has 3 unspecified atom stereocenters. The zero-order chi connectivity index (χ0) is 15.1. The minimum absolute atomic E-state index is 0.117. The second-order valence-corrected chi connectivity index (χ2v) is 14.7. The van der Waals surface area contributed by atoms with Gasteiger partial charge in [-0.15, -0.1) is 0 Å². The number of sulfone groups is 1. The van der Waals surface area contributed by atoms with E-state index in [0.717, 1.165) is 17.8 Å². The monoisotopic (exact) mass is 348 g/mol. The van der Waals surface area contributed by atoms with Crippen LogP contribution in [0.15, 0.2) is 0 Å². The number of hydrogen-bond acceptors (Lipinski definition) is 6. The average molecular weight is 348 g/mol. The molecular weight excluding hydrogens is 323 g/mol. The molecule has 0 aromatic heterocycles. The van der Waals surface area contributed by atoms with E-state index in [-0.39, 0.29) is 11.0 Å². The van der Waals surface area contributed by atoms with Crippen LogP contribution in [0.1, 0.15) is 41.0 Å². The number of hydrogen-bond donors (Lipinski definition) is 0. The van der Waals surface area contributed by atoms with E-state index in [9.17, 15) is 13.0 Å². The van der Waals surface area contributed by atoms with Crippen molar-refractivity contribution in [1.82, 2.24) is 0 Å². The van der Waals surface area contributed by atoms with Crippen LogP contribution in [0.3, 0.4) is 0 Å². The molecule has 4 nitrogen and oxygen atoms in total. The van der Waals surface area contributed by atoms with Gasteiger partial charge in [0.1, 0.15) is 0 Å². The van der Waals surface area contributed by atoms with Gasteiger partial charge in [-0.1, -0.05) is 43.5 Å². The Morgan fingerprint density at radius 2 is 1.79 bits per heavy atom. The Labute approximate surface area is 125 Å². The molecule has 0 N–H and O–H groups in total. The topological polar surface area (TPSA) is 60.4 Å². The summed E-state index contributed by atoms with van der Waals surface area (Å²) in [6.07, 6.45) is 0.908. The molecule has 3 atom stereocenters. The number of rotatable bonds is 10. The predicted molar refractivity (Wildman–Crippen MR) is 88.0 cm³/mol. The van der Waals surface area contributed by atoms with E-state index in [4.69, 9.17) is 4.52 Å². The summed E-state index contributed by atoms with van der Waals surface area (Å²) in [5.74, 6) is -2.42. The molecule has 0 aliphatic carbocycles. The lowest BCUT2D eigenvalue weighted by Gasteiger charge is -2.20. The Kier molecular flexibility index (Phi) is 9.38. The summed E-state index contributed by atoms with van der Waals surface area (Å²) in [6.45, 7) is 9.51. The van der Waals surface area contributed by atoms with Crippen LogP contribution in [0.4, 0.5) is 0 Å². The maximum absolute atomic E-state index is 12.6. The van der Waals surface area contributed by atoms with Crippen LogP contribution in [0.5, 0.6) is 0 Å². The molecule has 0 aliphatic heterocycles. The molecule has 0 saturated carbocycles. The van der Waals surface area contributed by atoms with Crippen molar-refractivity contribution in [3.63, 3.8) is 0 Å². The molecule has 0 heterocycles. The van der Waals surface area contributed by atoms with Gasteiger partial charge in [-0.2, -0.15) is 0 Å². The Morgan fingerprint density at radius 1 is 1.21 bits per heavy atom. The summed E-state index contributed by atoms with van der Waals surface area (Å²) in [6, 6.07) is 0. The molecule has 0 saturated heterocycles. The first-order valence-corrected chi connectivity index (χ1v) is 12.9. The van der Waals surface area contributed by atoms with Crippen LogP contribution in [-0.2, 0) is 18.9 Å². The first-order chi connectivity index (χ1) is 8.70. The standard InChI is InChI=1S/C11H25O4PS3/c1-6-10(4)18-16(12,15-7-2)17-9-11(5)19(13,14)8-3/h10-11H,6-9H2,1-5H3. The first kappa shape index (κ1) is 19.8. The maximum atomic E-state index is 12.6. The second kappa shape index (κ2) is 8.98. The molecule has 8 heteroatoms. The summed E-state index contributed by atoms with van der Waals surface area (Å²) in [7, 11) is -3.08. The molecule has 0 bridgehead atoms. The zero-order valence-electron chi connectivity index (χ0n) is 12.3. The van der Waals surface area contributed by atoms with E-state index in [2.05, 4.69) is 0 Å². The molecule has 0 radical (unpaired) electrons. The third kappa shape index (κ3) is 7.42. The van der Waals surface area contributed by atoms with Crippen molar-refractivity contribution in [2.24, 2.45) is 0 Å². The van der Waals surface area contributed by atoms with Crippen molar-refractivity contribution in [2.45, 2.75) is 51.5 Å². The summed E-state index contributed by atoms with van der Waals surface area (Å²) in [5, 5.41) is -0.253. The van der Waals surface area contributed by atoms with Crippen molar-refractivity contribution in [3.05, 3.63) is 0 Å². The second-order valence-electron chi connectivity index (χ2n) is 4.25. The largest absolute Gasteiger partial charge is 0.314 e. The predicted octanol–water partition coefficient (Wildman–Crippen LogP) is 4.22. The minimum atomic E-state index is -3.08. The van der Waals surface area contributed by atoms with Crippen LogP contribution in [0.25, 0.3) is 0 Å². The van der Waals surface area contributed by atoms with Crippen LogP contribution < -0.4 is 0 Å². The average Bonchev–Trinajstić information content (AvgIpc) is 2.36. The molecule has 0 aromatic carbocycles. The lowest BCUT2D eigenvalue weighted by atomic mass is 10.4. The van der Waals surface area contributed by atoms with Gasteiger partial charge in [0.15, 0.2) is 9.84 Å². The summed E-state index contributed by atoms with van der Waals surface area (Å²) in [5.41, 5.74) is 0. The summed E-state index contributed by atoms with van der Waals surface area (Å²) < 4.78 is 41.4. The maximum Gasteiger partial charge on any atom is 0.313 e. The van der Waals surface area contributed by atoms with Gasteiger partial charge in [0.25, 0.3) is 0 Å². The van der Waals surface area contributed by atoms with Crippen molar-refractivity contribution in [3.8, 4) is 0 Å². The smallest absolute Gasteiger partial charge is 0.313 e. The fourth-order valence-electron chi connectivity index (χ4n) is 1.14. The highest BCUT2D eigenvalue weighted by Crippen LogP contribution is 2.71. The van der Waals surface area contributed by atoms with Gasteiger partial charge in [-0.05, 0) is 20.3 Å². The highest BCUT2D eigenvalue weighted by atomic mass is 33.1. The van der Waals surface area contributed by atoms with Crippen molar-refractivity contribution in [2.75, 3.05) is 18.1 Å². The van der Waals surface area contributed by atoms with Gasteiger partial charge in [0.2, 0.25) is 0 Å². The van der Waals surface area contributed by atoms with E-state index in [1.54, 1.807) is 20.8 Å². The Morgan fingerprint density at radius 3 is 2.21 bits per heavy atom. The summed E-state index contributed by atoms with van der Waals surface area (Å²) in [4.78, 5) is 0. The highest BCUT2D eigenvalue weighted by Gasteiger charge is 2.30. The Balaban J connectivity index is 4.64. The molecule has 0 aliphatic rings. The summed E-state index contributed by atoms with van der Waals surface area (Å²) >= 11 is 2.49. The molecule has 19 heavy (non-hydrogen) atoms. The van der Waals surface area contributed by atoms with Crippen molar-refractivity contribution in [1.29, 1.82) is 0 Å². The van der Waals surface area contributed by atoms with Gasteiger partial charge >= 0.3 is 5.77 Å². The molecule has 0 rings (SSSR count). The fourth-order valence-corrected chi connectivity index (χ4v) is 11.2. The van der Waals surface area contributed by atoms with Gasteiger partial charge in [0.05, 0.1) is 11.9 Å². The Hall–Kier alpha value is 0.840.